The van der Waals surface area contributed by atoms with Crippen LogP contribution in [0.2, 0.25) is 0 Å². The minimum absolute atomic E-state index is 0.0640. The van der Waals surface area contributed by atoms with Crippen molar-refractivity contribution in [3.05, 3.63) is 144 Å². The van der Waals surface area contributed by atoms with Crippen molar-refractivity contribution in [2.45, 2.75) is 136 Å². The molecule has 0 aromatic heterocycles. The molecule has 60 heavy (non-hydrogen) atoms. The fourth-order valence-electron chi connectivity index (χ4n) is 6.31. The van der Waals surface area contributed by atoms with Crippen LogP contribution in [0.3, 0.4) is 0 Å². The zero-order valence-electron chi connectivity index (χ0n) is 35.5. The van der Waals surface area contributed by atoms with E-state index in [9.17, 15) is 13.9 Å². The molecule has 328 valence electrons. The molecule has 4 aromatic rings. The Bertz CT molecular complexity index is 1690. The summed E-state index contributed by atoms with van der Waals surface area (Å²) in [5.41, 5.74) is 2.99. The van der Waals surface area contributed by atoms with E-state index in [1.165, 1.54) is 64.2 Å². The summed E-state index contributed by atoms with van der Waals surface area (Å²) in [4.78, 5) is 13.0. The van der Waals surface area contributed by atoms with Crippen molar-refractivity contribution >= 4 is 21.6 Å². The SMILES string of the molecule is CCCCCCCCCCCCCCCCC(=O)OCC(COP(=O)(OCc1ccccc1)OCc1ccccc1)OP(=O)(OCc1ccccc1)OCc1ccccc1. The second-order valence-electron chi connectivity index (χ2n) is 15.0. The molecule has 0 saturated carbocycles. The van der Waals surface area contributed by atoms with Crippen molar-refractivity contribution in [2.75, 3.05) is 13.2 Å². The lowest BCUT2D eigenvalue weighted by Crippen LogP contribution is -2.27. The summed E-state index contributed by atoms with van der Waals surface area (Å²) in [6, 6.07) is 36.8. The van der Waals surface area contributed by atoms with Gasteiger partial charge in [-0.05, 0) is 28.7 Å². The fourth-order valence-corrected chi connectivity index (χ4v) is 8.79. The Morgan fingerprint density at radius 3 is 1.13 bits per heavy atom. The summed E-state index contributed by atoms with van der Waals surface area (Å²) in [6.07, 6.45) is 15.9. The number of unbranched alkanes of at least 4 members (excludes halogenated alkanes) is 13. The Balaban J connectivity index is 1.36. The van der Waals surface area contributed by atoms with Gasteiger partial charge in [-0.15, -0.1) is 0 Å². The Labute approximate surface area is 358 Å². The topological polar surface area (TPSA) is 116 Å². The van der Waals surface area contributed by atoms with Gasteiger partial charge in [0.05, 0.1) is 33.0 Å². The van der Waals surface area contributed by atoms with Gasteiger partial charge in [-0.1, -0.05) is 212 Å². The lowest BCUT2D eigenvalue weighted by molar-refractivity contribution is -0.147. The molecule has 0 radical (unpaired) electrons. The highest BCUT2D eigenvalue weighted by Crippen LogP contribution is 2.54. The van der Waals surface area contributed by atoms with Crippen molar-refractivity contribution < 1.29 is 45.8 Å². The van der Waals surface area contributed by atoms with Crippen LogP contribution < -0.4 is 0 Å². The van der Waals surface area contributed by atoms with E-state index < -0.39 is 34.3 Å². The number of carbonyl (C=O) groups excluding carboxylic acids is 1. The molecule has 10 nitrogen and oxygen atoms in total. The van der Waals surface area contributed by atoms with Gasteiger partial charge in [-0.2, -0.15) is 0 Å². The summed E-state index contributed by atoms with van der Waals surface area (Å²) in [5, 5.41) is 0. The van der Waals surface area contributed by atoms with Crippen molar-refractivity contribution in [1.82, 2.24) is 0 Å². The number of carbonyl (C=O) groups is 1. The molecule has 0 amide bonds. The minimum Gasteiger partial charge on any atom is -0.463 e. The largest absolute Gasteiger partial charge is 0.475 e. The number of rotatable bonds is 34. The third kappa shape index (κ3) is 21.9. The number of hydrogen-bond donors (Lipinski definition) is 0. The van der Waals surface area contributed by atoms with Gasteiger partial charge >= 0.3 is 21.6 Å². The standard InChI is InChI=1S/C48H66O10P2/c1-2-3-4-5-6-7-8-9-10-11-12-13-14-27-36-48(49)52-41-47(58-60(51,55-39-45-32-23-17-24-33-45)56-40-46-34-25-18-26-35-46)42-57-59(50,53-37-43-28-19-15-20-29-43)54-38-44-30-21-16-22-31-44/h15-26,28-35,47H,2-14,27,36-42H2,1H3. The Morgan fingerprint density at radius 1 is 0.433 bits per heavy atom. The van der Waals surface area contributed by atoms with Crippen molar-refractivity contribution in [3.8, 4) is 0 Å². The van der Waals surface area contributed by atoms with E-state index in [1.54, 1.807) is 0 Å². The second kappa shape index (κ2) is 29.8. The van der Waals surface area contributed by atoms with E-state index in [2.05, 4.69) is 6.92 Å². The Kier molecular flexibility index (Phi) is 24.4. The molecule has 0 aliphatic heterocycles. The highest BCUT2D eigenvalue weighted by atomic mass is 31.2. The average molecular weight is 865 g/mol. The van der Waals surface area contributed by atoms with E-state index in [-0.39, 0.29) is 39.5 Å². The van der Waals surface area contributed by atoms with Crippen LogP contribution in [-0.4, -0.2) is 25.3 Å². The van der Waals surface area contributed by atoms with E-state index in [4.69, 9.17) is 31.9 Å². The molecule has 0 aliphatic rings. The summed E-state index contributed by atoms with van der Waals surface area (Å²) in [6.45, 7) is 1.10. The van der Waals surface area contributed by atoms with E-state index in [1.807, 2.05) is 121 Å². The smallest absolute Gasteiger partial charge is 0.463 e. The lowest BCUT2D eigenvalue weighted by atomic mass is 10.0. The van der Waals surface area contributed by atoms with Crippen LogP contribution in [-0.2, 0) is 72.2 Å². The van der Waals surface area contributed by atoms with Gasteiger partial charge in [0.15, 0.2) is 0 Å². The van der Waals surface area contributed by atoms with Gasteiger partial charge < -0.3 is 4.74 Å². The first-order valence-electron chi connectivity index (χ1n) is 21.8. The predicted octanol–water partition coefficient (Wildman–Crippen LogP) is 13.9. The van der Waals surface area contributed by atoms with Gasteiger partial charge in [0, 0.05) is 6.42 Å². The Hall–Kier alpha value is -3.43. The van der Waals surface area contributed by atoms with E-state index >= 15 is 0 Å². The van der Waals surface area contributed by atoms with E-state index in [0.717, 1.165) is 41.5 Å². The third-order valence-electron chi connectivity index (χ3n) is 9.79. The molecule has 0 spiro atoms. The van der Waals surface area contributed by atoms with Crippen LogP contribution in [0, 0.1) is 0 Å². The van der Waals surface area contributed by atoms with Crippen molar-refractivity contribution in [3.63, 3.8) is 0 Å². The van der Waals surface area contributed by atoms with Crippen molar-refractivity contribution in [2.24, 2.45) is 0 Å². The molecule has 0 fully saturated rings. The third-order valence-corrected chi connectivity index (χ3v) is 12.6. The zero-order chi connectivity index (χ0) is 42.4. The molecule has 1 atom stereocenters. The molecular weight excluding hydrogens is 798 g/mol. The van der Waals surface area contributed by atoms with Gasteiger partial charge in [0.25, 0.3) is 0 Å². The lowest BCUT2D eigenvalue weighted by Gasteiger charge is -2.25. The molecule has 0 heterocycles. The molecule has 0 saturated heterocycles. The van der Waals surface area contributed by atoms with Crippen LogP contribution in [0.15, 0.2) is 121 Å². The summed E-state index contributed by atoms with van der Waals surface area (Å²) in [5.74, 6) is -0.434. The number of hydrogen-bond acceptors (Lipinski definition) is 10. The maximum Gasteiger partial charge on any atom is 0.475 e. The van der Waals surface area contributed by atoms with Crippen LogP contribution in [0.1, 0.15) is 125 Å². The molecule has 4 aromatic carbocycles. The summed E-state index contributed by atoms with van der Waals surface area (Å²) < 4.78 is 69.5. The summed E-state index contributed by atoms with van der Waals surface area (Å²) in [7, 11) is -8.65. The highest BCUT2D eigenvalue weighted by Gasteiger charge is 2.35. The van der Waals surface area contributed by atoms with Gasteiger partial charge in [-0.3, -0.25) is 31.9 Å². The maximum atomic E-state index is 14.4. The maximum absolute atomic E-state index is 14.4. The quantitative estimate of drug-likeness (QED) is 0.0255. The van der Waals surface area contributed by atoms with Crippen LogP contribution >= 0.6 is 15.6 Å². The molecule has 0 N–H and O–H groups in total. The molecule has 1 unspecified atom stereocenters. The average Bonchev–Trinajstić information content (AvgIpc) is 3.29. The predicted molar refractivity (Wildman–Crippen MR) is 237 cm³/mol. The van der Waals surface area contributed by atoms with Gasteiger partial charge in [0.1, 0.15) is 12.7 Å². The second-order valence-corrected chi connectivity index (χ2v) is 18.3. The monoisotopic (exact) mass is 864 g/mol. The van der Waals surface area contributed by atoms with Crippen LogP contribution in [0.5, 0.6) is 0 Å². The number of benzene rings is 4. The fraction of sp³-hybridized carbons (Fsp3) is 0.479. The summed E-state index contributed by atoms with van der Waals surface area (Å²) >= 11 is 0. The molecule has 12 heteroatoms. The number of esters is 1. The number of phosphoric acid groups is 2. The van der Waals surface area contributed by atoms with Gasteiger partial charge in [0.2, 0.25) is 0 Å². The molecule has 4 rings (SSSR count). The first-order valence-corrected chi connectivity index (χ1v) is 24.7. The Morgan fingerprint density at radius 2 is 0.767 bits per heavy atom. The number of ether oxygens (including phenoxy) is 1. The van der Waals surface area contributed by atoms with Crippen molar-refractivity contribution in [1.29, 1.82) is 0 Å². The number of phosphoric ester groups is 2. The normalized spacial score (nSPS) is 12.3. The van der Waals surface area contributed by atoms with Crippen LogP contribution in [0.25, 0.3) is 0 Å². The van der Waals surface area contributed by atoms with Gasteiger partial charge in [-0.25, -0.2) is 9.13 Å². The molecule has 0 bridgehead atoms. The molecular formula is C48H66O10P2. The first-order chi connectivity index (χ1) is 29.3. The minimum atomic E-state index is -4.37. The van der Waals surface area contributed by atoms with E-state index in [0.29, 0.717) is 6.42 Å². The van der Waals surface area contributed by atoms with Crippen LogP contribution in [0.4, 0.5) is 0 Å². The first kappa shape index (κ1) is 49.2. The highest BCUT2D eigenvalue weighted by molar-refractivity contribution is 7.48. The zero-order valence-corrected chi connectivity index (χ0v) is 37.2. The molecule has 0 aliphatic carbocycles.